The maximum absolute atomic E-state index is 11.9. The second-order valence-corrected chi connectivity index (χ2v) is 2.19. The van der Waals surface area contributed by atoms with E-state index in [9.17, 15) is 14.5 Å². The molecule has 1 atom stereocenters. The predicted molar refractivity (Wildman–Crippen MR) is 45.5 cm³/mol. The van der Waals surface area contributed by atoms with E-state index in [1.54, 1.807) is 0 Å². The Balaban J connectivity index is 0.00000144. The van der Waals surface area contributed by atoms with Crippen molar-refractivity contribution < 1.29 is 13.7 Å². The third kappa shape index (κ3) is 2.67. The molecule has 13 heavy (non-hydrogen) atoms. The molecule has 74 valence electrons. The molecule has 2 N–H and O–H groups in total. The lowest BCUT2D eigenvalue weighted by atomic mass is 10.3. The molecular weight excluding hydrogens is 203 g/mol. The summed E-state index contributed by atoms with van der Waals surface area (Å²) in [5, 5.41) is 10.1. The highest BCUT2D eigenvalue weighted by molar-refractivity contribution is 5.85. The van der Waals surface area contributed by atoms with Crippen LogP contribution in [0.3, 0.4) is 0 Å². The average Bonchev–Trinajstić information content (AvgIpc) is 2.51. The van der Waals surface area contributed by atoms with Crippen LogP contribution >= 0.6 is 12.4 Å². The summed E-state index contributed by atoms with van der Waals surface area (Å²) in [6, 6.07) is 1.52. The van der Waals surface area contributed by atoms with Gasteiger partial charge in [-0.2, -0.15) is 0 Å². The Morgan fingerprint density at radius 2 is 2.31 bits per heavy atom. The Hall–Kier alpha value is -1.14. The van der Waals surface area contributed by atoms with Gasteiger partial charge in [-0.1, -0.05) is 0 Å². The summed E-state index contributed by atoms with van der Waals surface area (Å²) in [6.07, 6.45) is 0. The van der Waals surface area contributed by atoms with Gasteiger partial charge in [0.2, 0.25) is 0 Å². The fourth-order valence-corrected chi connectivity index (χ4v) is 0.716. The van der Waals surface area contributed by atoms with Crippen LogP contribution in [0.1, 0.15) is 11.8 Å². The quantitative estimate of drug-likeness (QED) is 0.607. The minimum atomic E-state index is -0.918. The molecule has 0 fully saturated rings. The SMILES string of the molecule is Cl.N[C@@H](CF)c1ccc([N+](=O)[O-])o1. The Morgan fingerprint density at radius 1 is 1.69 bits per heavy atom. The molecule has 0 aliphatic rings. The van der Waals surface area contributed by atoms with Crippen molar-refractivity contribution in [1.29, 1.82) is 0 Å². The summed E-state index contributed by atoms with van der Waals surface area (Å²) in [4.78, 5) is 9.40. The van der Waals surface area contributed by atoms with E-state index in [0.29, 0.717) is 0 Å². The van der Waals surface area contributed by atoms with Gasteiger partial charge in [-0.25, -0.2) is 4.39 Å². The minimum Gasteiger partial charge on any atom is -0.404 e. The zero-order valence-corrected chi connectivity index (χ0v) is 7.29. The Bertz CT molecular complexity index is 291. The van der Waals surface area contributed by atoms with Crippen LogP contribution in [0.2, 0.25) is 0 Å². The zero-order chi connectivity index (χ0) is 9.14. The fraction of sp³-hybridized carbons (Fsp3) is 0.333. The molecule has 1 aromatic heterocycles. The van der Waals surface area contributed by atoms with Crippen LogP contribution in [-0.2, 0) is 0 Å². The third-order valence-corrected chi connectivity index (χ3v) is 1.32. The van der Waals surface area contributed by atoms with Crippen molar-refractivity contribution in [1.82, 2.24) is 0 Å². The normalized spacial score (nSPS) is 11.8. The first kappa shape index (κ1) is 11.9. The molecule has 7 heteroatoms. The van der Waals surface area contributed by atoms with Crippen molar-refractivity contribution in [3.8, 4) is 0 Å². The van der Waals surface area contributed by atoms with Crippen molar-refractivity contribution in [3.05, 3.63) is 28.0 Å². The number of alkyl halides is 1. The van der Waals surface area contributed by atoms with Crippen molar-refractivity contribution in [2.75, 3.05) is 6.67 Å². The van der Waals surface area contributed by atoms with Crippen LogP contribution in [0, 0.1) is 10.1 Å². The van der Waals surface area contributed by atoms with E-state index in [1.807, 2.05) is 0 Å². The molecular formula is C6H8ClFN2O3. The lowest BCUT2D eigenvalue weighted by Gasteiger charge is -1.99. The summed E-state index contributed by atoms with van der Waals surface area (Å²) >= 11 is 0. The van der Waals surface area contributed by atoms with Crippen molar-refractivity contribution >= 4 is 18.3 Å². The zero-order valence-electron chi connectivity index (χ0n) is 6.47. The van der Waals surface area contributed by atoms with E-state index in [-0.39, 0.29) is 18.2 Å². The van der Waals surface area contributed by atoms with Gasteiger partial charge < -0.3 is 10.2 Å². The first-order valence-electron chi connectivity index (χ1n) is 3.21. The van der Waals surface area contributed by atoms with Crippen LogP contribution < -0.4 is 5.73 Å². The van der Waals surface area contributed by atoms with Crippen molar-refractivity contribution in [2.45, 2.75) is 6.04 Å². The van der Waals surface area contributed by atoms with E-state index in [1.165, 1.54) is 6.07 Å². The number of furan rings is 1. The summed E-state index contributed by atoms with van der Waals surface area (Å²) in [5.41, 5.74) is 5.22. The Kier molecular flexibility index (Phi) is 4.36. The number of hydrogen-bond donors (Lipinski definition) is 1. The van der Waals surface area contributed by atoms with E-state index in [4.69, 9.17) is 5.73 Å². The number of nitro groups is 1. The topological polar surface area (TPSA) is 82.3 Å². The van der Waals surface area contributed by atoms with Gasteiger partial charge in [0.25, 0.3) is 0 Å². The van der Waals surface area contributed by atoms with Gasteiger partial charge in [0.05, 0.1) is 12.1 Å². The number of halogens is 2. The van der Waals surface area contributed by atoms with E-state index < -0.39 is 23.5 Å². The van der Waals surface area contributed by atoms with Gasteiger partial charge in [-0.05, 0) is 6.07 Å². The van der Waals surface area contributed by atoms with Crippen LogP contribution in [0.4, 0.5) is 10.3 Å². The smallest absolute Gasteiger partial charge is 0.404 e. The standard InChI is InChI=1S/C6H7FN2O3.ClH/c7-3-4(8)5-1-2-6(12-5)9(10)11;/h1-2,4H,3,8H2;1H/t4-;/m0./s1. The Labute approximate surface area is 79.3 Å². The van der Waals surface area contributed by atoms with Gasteiger partial charge in [-0.3, -0.25) is 10.1 Å². The lowest BCUT2D eigenvalue weighted by molar-refractivity contribution is -0.402. The summed E-state index contributed by atoms with van der Waals surface area (Å²) in [7, 11) is 0. The molecule has 5 nitrogen and oxygen atoms in total. The lowest BCUT2D eigenvalue weighted by Crippen LogP contribution is -2.10. The number of rotatable bonds is 3. The van der Waals surface area contributed by atoms with Crippen LogP contribution in [0.25, 0.3) is 0 Å². The first-order chi connectivity index (χ1) is 5.65. The van der Waals surface area contributed by atoms with E-state index >= 15 is 0 Å². The molecule has 1 heterocycles. The number of nitrogens with two attached hydrogens (primary N) is 1. The third-order valence-electron chi connectivity index (χ3n) is 1.32. The molecule has 0 radical (unpaired) electrons. The summed E-state index contributed by atoms with van der Waals surface area (Å²) < 4.78 is 16.6. The van der Waals surface area contributed by atoms with E-state index in [0.717, 1.165) is 6.07 Å². The number of nitrogens with zero attached hydrogens (tertiary/aromatic N) is 1. The second kappa shape index (κ2) is 4.78. The molecule has 1 rings (SSSR count). The van der Waals surface area contributed by atoms with Gasteiger partial charge in [-0.15, -0.1) is 12.4 Å². The summed E-state index contributed by atoms with van der Waals surface area (Å²) in [5.74, 6) is -0.335. The Morgan fingerprint density at radius 3 is 2.69 bits per heavy atom. The van der Waals surface area contributed by atoms with Crippen molar-refractivity contribution in [3.63, 3.8) is 0 Å². The van der Waals surface area contributed by atoms with E-state index in [2.05, 4.69) is 4.42 Å². The van der Waals surface area contributed by atoms with Gasteiger partial charge in [0.15, 0.2) is 0 Å². The molecule has 0 spiro atoms. The predicted octanol–water partition coefficient (Wildman–Crippen LogP) is 1.58. The van der Waals surface area contributed by atoms with Crippen LogP contribution in [0.15, 0.2) is 16.5 Å². The molecule has 0 bridgehead atoms. The molecule has 1 aromatic rings. The molecule has 0 aromatic carbocycles. The highest BCUT2D eigenvalue weighted by Crippen LogP contribution is 2.20. The highest BCUT2D eigenvalue weighted by atomic mass is 35.5. The highest BCUT2D eigenvalue weighted by Gasteiger charge is 2.16. The molecule has 0 aliphatic carbocycles. The first-order valence-corrected chi connectivity index (χ1v) is 3.21. The maximum atomic E-state index is 11.9. The van der Waals surface area contributed by atoms with Gasteiger partial charge >= 0.3 is 5.88 Å². The summed E-state index contributed by atoms with van der Waals surface area (Å²) in [6.45, 7) is -0.801. The van der Waals surface area contributed by atoms with Crippen LogP contribution in [-0.4, -0.2) is 11.6 Å². The van der Waals surface area contributed by atoms with Crippen molar-refractivity contribution in [2.24, 2.45) is 5.73 Å². The molecule has 0 saturated heterocycles. The van der Waals surface area contributed by atoms with Gasteiger partial charge in [0.1, 0.15) is 17.4 Å². The average molecular weight is 211 g/mol. The molecule has 0 amide bonds. The van der Waals surface area contributed by atoms with Crippen LogP contribution in [0.5, 0.6) is 0 Å². The number of hydrogen-bond acceptors (Lipinski definition) is 4. The minimum absolute atomic E-state index is 0. The molecule has 0 saturated carbocycles. The fourth-order valence-electron chi connectivity index (χ4n) is 0.716. The molecule has 0 unspecified atom stereocenters. The van der Waals surface area contributed by atoms with Gasteiger partial charge in [0, 0.05) is 0 Å². The molecule has 0 aliphatic heterocycles. The second-order valence-electron chi connectivity index (χ2n) is 2.19. The largest absolute Gasteiger partial charge is 0.433 e. The monoisotopic (exact) mass is 210 g/mol. The maximum Gasteiger partial charge on any atom is 0.433 e.